The van der Waals surface area contributed by atoms with Gasteiger partial charge in [0, 0.05) is 30.5 Å². The number of pyridine rings is 1. The molecule has 3 aromatic rings. The Morgan fingerprint density at radius 1 is 1.12 bits per heavy atom. The third-order valence-corrected chi connectivity index (χ3v) is 4.81. The van der Waals surface area contributed by atoms with Crippen LogP contribution in [0.1, 0.15) is 37.7 Å². The molecule has 4 heterocycles. The van der Waals surface area contributed by atoms with Crippen LogP contribution >= 0.6 is 0 Å². The summed E-state index contributed by atoms with van der Waals surface area (Å²) in [6, 6.07) is 4.26. The van der Waals surface area contributed by atoms with E-state index in [9.17, 15) is 0 Å². The molecule has 1 aliphatic heterocycles. The molecule has 132 valence electrons. The van der Waals surface area contributed by atoms with E-state index in [2.05, 4.69) is 49.7 Å². The Morgan fingerprint density at radius 2 is 1.84 bits per heavy atom. The molecular weight excluding hydrogens is 314 g/mol. The number of hydrogen-bond donors (Lipinski definition) is 0. The monoisotopic (exact) mass is 339 g/mol. The van der Waals surface area contributed by atoms with Crippen molar-refractivity contribution >= 4 is 22.5 Å². The molecule has 0 radical (unpaired) electrons. The second kappa shape index (κ2) is 5.95. The van der Waals surface area contributed by atoms with Gasteiger partial charge in [-0.25, -0.2) is 9.97 Å². The summed E-state index contributed by atoms with van der Waals surface area (Å²) in [5.74, 6) is 1.08. The van der Waals surface area contributed by atoms with Gasteiger partial charge < -0.3 is 9.64 Å². The van der Waals surface area contributed by atoms with E-state index in [0.717, 1.165) is 53.4 Å². The second-order valence-electron chi connectivity index (χ2n) is 7.14. The highest BCUT2D eigenvalue weighted by atomic mass is 16.5. The molecule has 1 aliphatic rings. The lowest BCUT2D eigenvalue weighted by molar-refractivity contribution is -0.00557. The molecule has 0 unspecified atom stereocenters. The molecule has 2 atom stereocenters. The average molecular weight is 339 g/mol. The first-order valence-corrected chi connectivity index (χ1v) is 9.03. The van der Waals surface area contributed by atoms with Crippen molar-refractivity contribution in [2.45, 2.75) is 53.2 Å². The van der Waals surface area contributed by atoms with Crippen LogP contribution in [0.2, 0.25) is 0 Å². The van der Waals surface area contributed by atoms with Crippen molar-refractivity contribution < 1.29 is 4.74 Å². The van der Waals surface area contributed by atoms with E-state index < -0.39 is 0 Å². The number of nitrogens with zero attached hydrogens (tertiary/aromatic N) is 5. The lowest BCUT2D eigenvalue weighted by atomic mass is 10.2. The molecule has 0 aliphatic carbocycles. The number of anilines is 1. The maximum Gasteiger partial charge on any atom is 0.184 e. The first kappa shape index (κ1) is 16.3. The molecular formula is C19H25N5O. The van der Waals surface area contributed by atoms with Crippen LogP contribution in [-0.2, 0) is 11.2 Å². The Bertz CT molecular complexity index is 938. The summed E-state index contributed by atoms with van der Waals surface area (Å²) in [5, 5.41) is 5.85. The summed E-state index contributed by atoms with van der Waals surface area (Å²) in [6.07, 6.45) is 1.29. The van der Waals surface area contributed by atoms with Gasteiger partial charge in [-0.2, -0.15) is 4.52 Å². The number of aromatic nitrogens is 4. The second-order valence-corrected chi connectivity index (χ2v) is 7.14. The molecule has 1 saturated heterocycles. The molecule has 1 fully saturated rings. The van der Waals surface area contributed by atoms with Crippen LogP contribution in [0.3, 0.4) is 0 Å². The van der Waals surface area contributed by atoms with Gasteiger partial charge in [-0.05, 0) is 45.7 Å². The molecule has 4 rings (SSSR count). The van der Waals surface area contributed by atoms with Gasteiger partial charge in [0.25, 0.3) is 0 Å². The summed E-state index contributed by atoms with van der Waals surface area (Å²) in [4.78, 5) is 11.9. The van der Waals surface area contributed by atoms with Gasteiger partial charge in [-0.3, -0.25) is 0 Å². The van der Waals surface area contributed by atoms with Crippen LogP contribution in [0.5, 0.6) is 0 Å². The van der Waals surface area contributed by atoms with Gasteiger partial charge in [0.2, 0.25) is 0 Å². The lowest BCUT2D eigenvalue weighted by Crippen LogP contribution is -2.46. The normalized spacial score (nSPS) is 21.4. The molecule has 0 N–H and O–H groups in total. The molecule has 25 heavy (non-hydrogen) atoms. The first-order valence-electron chi connectivity index (χ1n) is 9.03. The molecule has 0 saturated carbocycles. The summed E-state index contributed by atoms with van der Waals surface area (Å²) >= 11 is 0. The van der Waals surface area contributed by atoms with Crippen LogP contribution in [0.4, 0.5) is 5.82 Å². The zero-order valence-electron chi connectivity index (χ0n) is 15.6. The smallest absolute Gasteiger partial charge is 0.184 e. The lowest BCUT2D eigenvalue weighted by Gasteiger charge is -2.36. The molecule has 0 bridgehead atoms. The Morgan fingerprint density at radius 3 is 2.52 bits per heavy atom. The van der Waals surface area contributed by atoms with Crippen molar-refractivity contribution in [1.82, 2.24) is 19.6 Å². The summed E-state index contributed by atoms with van der Waals surface area (Å²) < 4.78 is 7.87. The predicted octanol–water partition coefficient (Wildman–Crippen LogP) is 3.07. The fraction of sp³-hybridized carbons (Fsp3) is 0.526. The van der Waals surface area contributed by atoms with Gasteiger partial charge >= 0.3 is 0 Å². The van der Waals surface area contributed by atoms with Crippen LogP contribution < -0.4 is 4.90 Å². The minimum absolute atomic E-state index is 0.198. The fourth-order valence-electron chi connectivity index (χ4n) is 3.83. The van der Waals surface area contributed by atoms with Crippen molar-refractivity contribution in [3.8, 4) is 0 Å². The predicted molar refractivity (Wildman–Crippen MR) is 99.4 cm³/mol. The van der Waals surface area contributed by atoms with E-state index >= 15 is 0 Å². The van der Waals surface area contributed by atoms with Crippen LogP contribution in [-0.4, -0.2) is 44.9 Å². The van der Waals surface area contributed by atoms with Gasteiger partial charge in [0.15, 0.2) is 11.3 Å². The third-order valence-electron chi connectivity index (χ3n) is 4.81. The zero-order valence-corrected chi connectivity index (χ0v) is 15.6. The number of morpholine rings is 1. The van der Waals surface area contributed by atoms with Crippen molar-refractivity contribution in [3.63, 3.8) is 0 Å². The van der Waals surface area contributed by atoms with Gasteiger partial charge in [-0.15, -0.1) is 5.10 Å². The van der Waals surface area contributed by atoms with E-state index in [1.807, 2.05) is 11.4 Å². The minimum Gasteiger partial charge on any atom is -0.372 e. The maximum atomic E-state index is 5.90. The Labute approximate surface area is 147 Å². The number of fused-ring (bicyclic) bond motifs is 3. The number of hydrogen-bond acceptors (Lipinski definition) is 5. The topological polar surface area (TPSA) is 55.6 Å². The SMILES string of the molecule is CCc1cc(N2C[C@@H](C)O[C@@H](C)C2)n2nc3nc(C)cc(C)c3c2n1. The Balaban J connectivity index is 1.98. The summed E-state index contributed by atoms with van der Waals surface area (Å²) in [6.45, 7) is 12.2. The summed E-state index contributed by atoms with van der Waals surface area (Å²) in [7, 11) is 0. The molecule has 0 aromatic carbocycles. The molecule has 0 amide bonds. The zero-order chi connectivity index (χ0) is 17.7. The van der Waals surface area contributed by atoms with Crippen molar-refractivity contribution in [1.29, 1.82) is 0 Å². The average Bonchev–Trinajstić information content (AvgIpc) is 2.90. The number of rotatable bonds is 2. The molecule has 0 spiro atoms. The largest absolute Gasteiger partial charge is 0.372 e. The minimum atomic E-state index is 0.198. The van der Waals surface area contributed by atoms with E-state index in [0.29, 0.717) is 0 Å². The number of ether oxygens (including phenoxy) is 1. The first-order chi connectivity index (χ1) is 12.0. The van der Waals surface area contributed by atoms with Gasteiger partial charge in [0.1, 0.15) is 5.82 Å². The van der Waals surface area contributed by atoms with E-state index in [-0.39, 0.29) is 12.2 Å². The third kappa shape index (κ3) is 2.74. The molecule has 6 heteroatoms. The highest BCUT2D eigenvalue weighted by Crippen LogP contribution is 2.28. The quantitative estimate of drug-likeness (QED) is 0.718. The number of aryl methyl sites for hydroxylation is 3. The van der Waals surface area contributed by atoms with Gasteiger partial charge in [-0.1, -0.05) is 6.92 Å². The van der Waals surface area contributed by atoms with E-state index in [1.165, 1.54) is 5.56 Å². The maximum absolute atomic E-state index is 5.90. The van der Waals surface area contributed by atoms with E-state index in [4.69, 9.17) is 14.8 Å². The summed E-state index contributed by atoms with van der Waals surface area (Å²) in [5.41, 5.74) is 4.92. The molecule has 6 nitrogen and oxygen atoms in total. The van der Waals surface area contributed by atoms with Crippen LogP contribution in [0.25, 0.3) is 16.7 Å². The molecule has 3 aromatic heterocycles. The van der Waals surface area contributed by atoms with Gasteiger partial charge in [0.05, 0.1) is 17.6 Å². The highest BCUT2D eigenvalue weighted by Gasteiger charge is 2.26. The fourth-order valence-corrected chi connectivity index (χ4v) is 3.83. The highest BCUT2D eigenvalue weighted by molar-refractivity contribution is 5.93. The van der Waals surface area contributed by atoms with Crippen molar-refractivity contribution in [2.75, 3.05) is 18.0 Å². The van der Waals surface area contributed by atoms with Crippen molar-refractivity contribution in [3.05, 3.63) is 29.1 Å². The Kier molecular flexibility index (Phi) is 3.87. The van der Waals surface area contributed by atoms with Crippen LogP contribution in [0, 0.1) is 13.8 Å². The standard InChI is InChI=1S/C19H25N5O/c1-6-15-8-16(23-9-13(4)25-14(5)10-23)24-19(21-15)17-11(2)7-12(3)20-18(17)22-24/h7-8,13-14H,6,9-10H2,1-5H3/t13-,14+. The Hall–Kier alpha value is -2.21. The van der Waals surface area contributed by atoms with Crippen molar-refractivity contribution in [2.24, 2.45) is 0 Å². The van der Waals surface area contributed by atoms with Crippen LogP contribution in [0.15, 0.2) is 12.1 Å². The van der Waals surface area contributed by atoms with E-state index in [1.54, 1.807) is 0 Å².